The Kier molecular flexibility index (Phi) is 5.51. The van der Waals surface area contributed by atoms with E-state index >= 15 is 0 Å². The number of benzene rings is 1. The Bertz CT molecular complexity index is 933. The van der Waals surface area contributed by atoms with Crippen molar-refractivity contribution in [3.05, 3.63) is 35.2 Å². The summed E-state index contributed by atoms with van der Waals surface area (Å²) in [5, 5.41) is 45.1. The van der Waals surface area contributed by atoms with Crippen molar-refractivity contribution in [2.75, 3.05) is 6.54 Å². The van der Waals surface area contributed by atoms with E-state index < -0.39 is 30.6 Å². The van der Waals surface area contributed by atoms with Crippen molar-refractivity contribution in [1.82, 2.24) is 25.5 Å². The predicted octanol–water partition coefficient (Wildman–Crippen LogP) is -2.35. The summed E-state index contributed by atoms with van der Waals surface area (Å²) in [4.78, 5) is 24.8. The molecule has 6 N–H and O–H groups in total. The quantitative estimate of drug-likeness (QED) is 0.154. The van der Waals surface area contributed by atoms with Crippen molar-refractivity contribution in [1.29, 1.82) is 0 Å². The molecule has 1 aromatic heterocycles. The van der Waals surface area contributed by atoms with Crippen LogP contribution >= 0.6 is 0 Å². The van der Waals surface area contributed by atoms with E-state index in [0.29, 0.717) is 5.56 Å². The lowest BCUT2D eigenvalue weighted by molar-refractivity contribution is -0.115. The minimum Gasteiger partial charge on any atom is -0.534 e. The van der Waals surface area contributed by atoms with Gasteiger partial charge in [0.2, 0.25) is 11.5 Å². The van der Waals surface area contributed by atoms with Crippen molar-refractivity contribution in [2.45, 2.75) is 18.9 Å². The predicted molar refractivity (Wildman–Crippen MR) is 92.8 cm³/mol. The summed E-state index contributed by atoms with van der Waals surface area (Å²) in [6, 6.07) is 4.50. The number of tetrazole rings is 1. The first-order chi connectivity index (χ1) is 13.4. The maximum absolute atomic E-state index is 12.4. The summed E-state index contributed by atoms with van der Waals surface area (Å²) in [5.74, 6) is -3.20. The molecule has 1 aliphatic heterocycles. The Hall–Kier alpha value is -3.52. The Labute approximate surface area is 157 Å². The number of aromatic nitrogens is 4. The smallest absolute Gasteiger partial charge is 0.534 e. The summed E-state index contributed by atoms with van der Waals surface area (Å²) >= 11 is 0. The number of carbonyl (C=O) groups excluding carboxylic acids is 1. The van der Waals surface area contributed by atoms with Crippen LogP contribution in [0.15, 0.2) is 23.4 Å². The first-order valence-corrected chi connectivity index (χ1v) is 8.15. The molecule has 0 spiro atoms. The number of para-hydroxylation sites is 1. The van der Waals surface area contributed by atoms with Crippen LogP contribution in [0.5, 0.6) is 5.75 Å². The highest BCUT2D eigenvalue weighted by Crippen LogP contribution is 2.30. The molecule has 2 heterocycles. The molecule has 1 aliphatic rings. The number of fused-ring (bicyclic) bond motifs is 1. The van der Waals surface area contributed by atoms with Gasteiger partial charge in [0.1, 0.15) is 5.75 Å². The van der Waals surface area contributed by atoms with Gasteiger partial charge in [-0.3, -0.25) is 4.79 Å². The first kappa shape index (κ1) is 19.3. The second kappa shape index (κ2) is 8.02. The first-order valence-electron chi connectivity index (χ1n) is 8.15. The number of nitrogens with one attached hydrogen (secondary N) is 1. The van der Waals surface area contributed by atoms with E-state index in [0.717, 1.165) is 4.80 Å². The zero-order valence-corrected chi connectivity index (χ0v) is 14.4. The van der Waals surface area contributed by atoms with Crippen LogP contribution in [0.4, 0.5) is 0 Å². The zero-order chi connectivity index (χ0) is 20.3. The molecule has 3 rings (SSSR count). The number of nitrogens with zero attached hydrogens (tertiary/aromatic N) is 5. The average molecular weight is 389 g/mol. The summed E-state index contributed by atoms with van der Waals surface area (Å²) in [6.07, 6.45) is 0.0926. The second-order valence-electron chi connectivity index (χ2n) is 5.84. The Morgan fingerprint density at radius 1 is 1.46 bits per heavy atom. The van der Waals surface area contributed by atoms with Gasteiger partial charge in [0.05, 0.1) is 18.0 Å². The van der Waals surface area contributed by atoms with Crippen molar-refractivity contribution >= 4 is 24.7 Å². The van der Waals surface area contributed by atoms with Gasteiger partial charge in [-0.2, -0.15) is 4.80 Å². The number of amides is 1. The molecule has 0 saturated heterocycles. The molecule has 0 unspecified atom stereocenters. The number of hydrogen-bond donors (Lipinski definition) is 5. The van der Waals surface area contributed by atoms with Gasteiger partial charge in [-0.25, -0.2) is 4.79 Å². The molecule has 28 heavy (non-hydrogen) atoms. The normalized spacial score (nSPS) is 16.3. The van der Waals surface area contributed by atoms with E-state index in [1.807, 2.05) is 0 Å². The van der Waals surface area contributed by atoms with Gasteiger partial charge < -0.3 is 31.0 Å². The van der Waals surface area contributed by atoms with Crippen molar-refractivity contribution < 1.29 is 29.6 Å². The fourth-order valence-corrected chi connectivity index (χ4v) is 2.69. The van der Waals surface area contributed by atoms with E-state index in [-0.39, 0.29) is 36.6 Å². The third-order valence-electron chi connectivity index (χ3n) is 3.97. The number of aromatic carboxylic acids is 1. The van der Waals surface area contributed by atoms with Crippen LogP contribution in [-0.2, 0) is 17.8 Å². The van der Waals surface area contributed by atoms with E-state index in [1.165, 1.54) is 12.1 Å². The average Bonchev–Trinajstić information content (AvgIpc) is 3.11. The molecule has 146 valence electrons. The summed E-state index contributed by atoms with van der Waals surface area (Å²) < 4.78 is 5.29. The van der Waals surface area contributed by atoms with E-state index in [4.69, 9.17) is 15.6 Å². The zero-order valence-electron chi connectivity index (χ0n) is 14.4. The largest absolute Gasteiger partial charge is 0.547 e. The molecule has 0 radical (unpaired) electrons. The minimum atomic E-state index is -1.52. The van der Waals surface area contributed by atoms with Gasteiger partial charge in [-0.1, -0.05) is 17.3 Å². The Morgan fingerprint density at radius 3 is 2.93 bits per heavy atom. The standard InChI is InChI=1S/C14H16BN7O6/c16-4-5-22-19-12(18-21-22)10(20-27)13(23)17-9-6-7-2-1-3-8(14(24)25)11(7)28-15(9)26/h1-3,9,26-27H,4-6,16H2,(H,17,23)(H,24,25)/b20-10-/t9-/m0/s1. The summed E-state index contributed by atoms with van der Waals surface area (Å²) in [5.41, 5.74) is 5.26. The Morgan fingerprint density at radius 2 is 2.25 bits per heavy atom. The number of carboxylic acid groups (broad SMARTS) is 1. The lowest BCUT2D eigenvalue weighted by atomic mass is 9.72. The van der Waals surface area contributed by atoms with Crippen LogP contribution in [0.1, 0.15) is 21.7 Å². The highest BCUT2D eigenvalue weighted by molar-refractivity contribution is 6.50. The fourth-order valence-electron chi connectivity index (χ4n) is 2.69. The highest BCUT2D eigenvalue weighted by Gasteiger charge is 2.38. The molecule has 13 nitrogen and oxygen atoms in total. The number of hydrogen-bond acceptors (Lipinski definition) is 10. The minimum absolute atomic E-state index is 0.0374. The number of oxime groups is 1. The van der Waals surface area contributed by atoms with Crippen LogP contribution in [0.2, 0.25) is 0 Å². The van der Waals surface area contributed by atoms with Gasteiger partial charge in [-0.15, -0.1) is 10.2 Å². The highest BCUT2D eigenvalue weighted by atomic mass is 16.5. The molecule has 1 aromatic carbocycles. The molecular weight excluding hydrogens is 373 g/mol. The lowest BCUT2D eigenvalue weighted by Crippen LogP contribution is -2.54. The van der Waals surface area contributed by atoms with E-state index in [1.54, 1.807) is 6.07 Å². The van der Waals surface area contributed by atoms with Gasteiger partial charge in [0.25, 0.3) is 5.91 Å². The lowest BCUT2D eigenvalue weighted by Gasteiger charge is -2.28. The topological polar surface area (TPSA) is 198 Å². The van der Waals surface area contributed by atoms with Crippen LogP contribution in [-0.4, -0.2) is 72.7 Å². The molecule has 2 aromatic rings. The second-order valence-corrected chi connectivity index (χ2v) is 5.84. The van der Waals surface area contributed by atoms with Crippen LogP contribution in [0.3, 0.4) is 0 Å². The molecule has 0 saturated carbocycles. The van der Waals surface area contributed by atoms with Crippen molar-refractivity contribution in [3.63, 3.8) is 0 Å². The van der Waals surface area contributed by atoms with E-state index in [2.05, 4.69) is 25.9 Å². The molecule has 0 bridgehead atoms. The van der Waals surface area contributed by atoms with E-state index in [9.17, 15) is 19.7 Å². The van der Waals surface area contributed by atoms with Crippen LogP contribution in [0, 0.1) is 0 Å². The van der Waals surface area contributed by atoms with Gasteiger partial charge in [0.15, 0.2) is 0 Å². The third-order valence-corrected chi connectivity index (χ3v) is 3.97. The van der Waals surface area contributed by atoms with Crippen molar-refractivity contribution in [2.24, 2.45) is 10.9 Å². The van der Waals surface area contributed by atoms with Crippen LogP contribution in [0.25, 0.3) is 0 Å². The molecule has 14 heteroatoms. The SMILES string of the molecule is NCCn1nnc(/C(=N/O)C(=O)N[C@H]2Cc3cccc(C(=O)O)c3OB2O)n1. The summed E-state index contributed by atoms with van der Waals surface area (Å²) in [6.45, 7) is 0.502. The van der Waals surface area contributed by atoms with Crippen molar-refractivity contribution in [3.8, 4) is 5.75 Å². The Balaban J connectivity index is 1.76. The maximum Gasteiger partial charge on any atom is 0.547 e. The van der Waals surface area contributed by atoms with Gasteiger partial charge in [0, 0.05) is 6.54 Å². The maximum atomic E-state index is 12.4. The number of rotatable bonds is 6. The number of nitrogens with two attached hydrogens (primary N) is 1. The fraction of sp³-hybridized carbons (Fsp3) is 0.286. The monoisotopic (exact) mass is 389 g/mol. The molecule has 1 atom stereocenters. The number of carboxylic acids is 1. The third kappa shape index (κ3) is 3.77. The van der Waals surface area contributed by atoms with Gasteiger partial charge in [-0.05, 0) is 23.3 Å². The van der Waals surface area contributed by atoms with Gasteiger partial charge >= 0.3 is 13.1 Å². The molecule has 0 fully saturated rings. The molecule has 0 aliphatic carbocycles. The summed E-state index contributed by atoms with van der Waals surface area (Å²) in [7, 11) is -1.52. The van der Waals surface area contributed by atoms with Crippen LogP contribution < -0.4 is 15.7 Å². The molecular formula is C14H16BN7O6. The number of carbonyl (C=O) groups is 2. The molecule has 1 amide bonds.